The van der Waals surface area contributed by atoms with Crippen LogP contribution in [0.1, 0.15) is 12.0 Å². The number of rotatable bonds is 3. The standard InChI is InChI=1S/C12H16BrN3O/c1-17-11-7-10(13)4-3-9(11)8-16-12-14-5-2-6-15-12/h3-4,7H,2,5-6,8H2,1H3,(H2,14,15,16). The fourth-order valence-corrected chi connectivity index (χ4v) is 2.03. The minimum atomic E-state index is 0.711. The Bertz CT molecular complexity index is 420. The number of nitrogens with one attached hydrogen (secondary N) is 2. The molecule has 1 aliphatic heterocycles. The zero-order chi connectivity index (χ0) is 12.1. The minimum absolute atomic E-state index is 0.711. The van der Waals surface area contributed by atoms with E-state index in [1.54, 1.807) is 7.11 Å². The van der Waals surface area contributed by atoms with Crippen molar-refractivity contribution < 1.29 is 4.74 Å². The van der Waals surface area contributed by atoms with Gasteiger partial charge in [0, 0.05) is 29.7 Å². The van der Waals surface area contributed by atoms with Crippen LogP contribution in [0.25, 0.3) is 0 Å². The first-order valence-corrected chi connectivity index (χ1v) is 6.43. The Kier molecular flexibility index (Phi) is 4.25. The van der Waals surface area contributed by atoms with Crippen molar-refractivity contribution in [1.82, 2.24) is 10.6 Å². The number of ether oxygens (including phenoxy) is 1. The van der Waals surface area contributed by atoms with Crippen molar-refractivity contribution in [2.75, 3.05) is 20.2 Å². The van der Waals surface area contributed by atoms with Crippen LogP contribution in [-0.4, -0.2) is 26.2 Å². The van der Waals surface area contributed by atoms with E-state index >= 15 is 0 Å². The Balaban J connectivity index is 2.00. The topological polar surface area (TPSA) is 45.6 Å². The van der Waals surface area contributed by atoms with Crippen LogP contribution in [0.15, 0.2) is 27.7 Å². The first-order valence-electron chi connectivity index (χ1n) is 5.64. The van der Waals surface area contributed by atoms with E-state index in [0.29, 0.717) is 6.54 Å². The number of aliphatic imine (C=N–C) groups is 1. The molecular weight excluding hydrogens is 282 g/mol. The molecule has 0 radical (unpaired) electrons. The van der Waals surface area contributed by atoms with Crippen molar-refractivity contribution in [2.24, 2.45) is 4.99 Å². The number of halogens is 1. The van der Waals surface area contributed by atoms with E-state index in [-0.39, 0.29) is 0 Å². The van der Waals surface area contributed by atoms with Gasteiger partial charge in [-0.2, -0.15) is 0 Å². The van der Waals surface area contributed by atoms with Crippen LogP contribution in [0.2, 0.25) is 0 Å². The highest BCUT2D eigenvalue weighted by Crippen LogP contribution is 2.23. The molecule has 1 aliphatic rings. The fraction of sp³-hybridized carbons (Fsp3) is 0.417. The van der Waals surface area contributed by atoms with Crippen LogP contribution in [0.4, 0.5) is 0 Å². The second kappa shape index (κ2) is 5.91. The van der Waals surface area contributed by atoms with Crippen molar-refractivity contribution in [3.63, 3.8) is 0 Å². The third-order valence-corrected chi connectivity index (χ3v) is 3.09. The molecular formula is C12H16BrN3O. The number of methoxy groups -OCH3 is 1. The average molecular weight is 298 g/mol. The summed E-state index contributed by atoms with van der Waals surface area (Å²) in [6.07, 6.45) is 1.10. The number of hydrogen-bond donors (Lipinski definition) is 2. The van der Waals surface area contributed by atoms with Gasteiger partial charge in [0.2, 0.25) is 0 Å². The molecule has 0 bridgehead atoms. The second-order valence-electron chi connectivity index (χ2n) is 3.82. The van der Waals surface area contributed by atoms with E-state index in [2.05, 4.69) is 31.6 Å². The molecule has 0 atom stereocenters. The van der Waals surface area contributed by atoms with E-state index in [0.717, 1.165) is 41.3 Å². The lowest BCUT2D eigenvalue weighted by Gasteiger charge is -2.17. The van der Waals surface area contributed by atoms with Crippen LogP contribution >= 0.6 is 15.9 Å². The van der Waals surface area contributed by atoms with Gasteiger partial charge >= 0.3 is 0 Å². The molecule has 2 rings (SSSR count). The molecule has 1 heterocycles. The summed E-state index contributed by atoms with van der Waals surface area (Å²) in [4.78, 5) is 4.36. The monoisotopic (exact) mass is 297 g/mol. The third-order valence-electron chi connectivity index (χ3n) is 2.59. The maximum Gasteiger partial charge on any atom is 0.191 e. The predicted molar refractivity (Wildman–Crippen MR) is 72.5 cm³/mol. The lowest BCUT2D eigenvalue weighted by atomic mass is 10.2. The number of hydrogen-bond acceptors (Lipinski definition) is 4. The zero-order valence-electron chi connectivity index (χ0n) is 9.79. The Labute approximate surface area is 110 Å². The van der Waals surface area contributed by atoms with Gasteiger partial charge in [-0.1, -0.05) is 22.0 Å². The van der Waals surface area contributed by atoms with Crippen LogP contribution in [0.5, 0.6) is 5.75 Å². The molecule has 92 valence electrons. The second-order valence-corrected chi connectivity index (χ2v) is 4.74. The molecule has 0 saturated carbocycles. The molecule has 0 saturated heterocycles. The van der Waals surface area contributed by atoms with Crippen molar-refractivity contribution in [3.05, 3.63) is 28.2 Å². The molecule has 1 aromatic rings. The van der Waals surface area contributed by atoms with Gasteiger partial charge in [0.25, 0.3) is 0 Å². The SMILES string of the molecule is COc1cc(Br)ccc1CNC1=NCCCN1. The van der Waals surface area contributed by atoms with E-state index in [1.807, 2.05) is 18.2 Å². The van der Waals surface area contributed by atoms with Gasteiger partial charge in [-0.05, 0) is 18.6 Å². The molecule has 0 unspecified atom stereocenters. The summed E-state index contributed by atoms with van der Waals surface area (Å²) in [5.41, 5.74) is 1.12. The summed E-state index contributed by atoms with van der Waals surface area (Å²) in [5.74, 6) is 1.75. The normalized spacial score (nSPS) is 14.8. The highest BCUT2D eigenvalue weighted by atomic mass is 79.9. The summed E-state index contributed by atoms with van der Waals surface area (Å²) < 4.78 is 6.36. The maximum atomic E-state index is 5.34. The Morgan fingerprint density at radius 3 is 3.12 bits per heavy atom. The molecule has 4 nitrogen and oxygen atoms in total. The van der Waals surface area contributed by atoms with E-state index in [4.69, 9.17) is 4.74 Å². The minimum Gasteiger partial charge on any atom is -0.496 e. The van der Waals surface area contributed by atoms with Crippen LogP contribution in [0.3, 0.4) is 0 Å². The third kappa shape index (κ3) is 3.36. The number of nitrogens with zero attached hydrogens (tertiary/aromatic N) is 1. The molecule has 0 aliphatic carbocycles. The maximum absolute atomic E-state index is 5.34. The van der Waals surface area contributed by atoms with E-state index < -0.39 is 0 Å². The van der Waals surface area contributed by atoms with Crippen molar-refractivity contribution in [2.45, 2.75) is 13.0 Å². The highest BCUT2D eigenvalue weighted by molar-refractivity contribution is 9.10. The van der Waals surface area contributed by atoms with Gasteiger partial charge < -0.3 is 15.4 Å². The van der Waals surface area contributed by atoms with Crippen LogP contribution < -0.4 is 15.4 Å². The first-order chi connectivity index (χ1) is 8.29. The van der Waals surface area contributed by atoms with Crippen LogP contribution in [-0.2, 0) is 6.54 Å². The Morgan fingerprint density at radius 1 is 1.53 bits per heavy atom. The lowest BCUT2D eigenvalue weighted by Crippen LogP contribution is -2.40. The quantitative estimate of drug-likeness (QED) is 0.896. The van der Waals surface area contributed by atoms with Gasteiger partial charge in [0.1, 0.15) is 5.75 Å². The van der Waals surface area contributed by atoms with Gasteiger partial charge in [0.15, 0.2) is 5.96 Å². The van der Waals surface area contributed by atoms with E-state index in [1.165, 1.54) is 0 Å². The molecule has 2 N–H and O–H groups in total. The van der Waals surface area contributed by atoms with Crippen LogP contribution in [0, 0.1) is 0 Å². The molecule has 17 heavy (non-hydrogen) atoms. The highest BCUT2D eigenvalue weighted by Gasteiger charge is 2.06. The average Bonchev–Trinajstić information content (AvgIpc) is 2.38. The Hall–Kier alpha value is -1.23. The van der Waals surface area contributed by atoms with Gasteiger partial charge in [-0.3, -0.25) is 4.99 Å². The molecule has 0 spiro atoms. The molecule has 0 fully saturated rings. The van der Waals surface area contributed by atoms with Crippen molar-refractivity contribution >= 4 is 21.9 Å². The van der Waals surface area contributed by atoms with Crippen molar-refractivity contribution in [1.29, 1.82) is 0 Å². The zero-order valence-corrected chi connectivity index (χ0v) is 11.4. The van der Waals surface area contributed by atoms with Gasteiger partial charge in [-0.25, -0.2) is 0 Å². The summed E-state index contributed by atoms with van der Waals surface area (Å²) in [6.45, 7) is 2.60. The number of benzene rings is 1. The summed E-state index contributed by atoms with van der Waals surface area (Å²) in [5, 5.41) is 6.50. The smallest absolute Gasteiger partial charge is 0.191 e. The lowest BCUT2D eigenvalue weighted by molar-refractivity contribution is 0.408. The molecule has 5 heteroatoms. The first kappa shape index (κ1) is 12.2. The molecule has 0 amide bonds. The predicted octanol–water partition coefficient (Wildman–Crippen LogP) is 1.90. The molecule has 0 aromatic heterocycles. The summed E-state index contributed by atoms with van der Waals surface area (Å²) >= 11 is 3.43. The van der Waals surface area contributed by atoms with Gasteiger partial charge in [-0.15, -0.1) is 0 Å². The summed E-state index contributed by atoms with van der Waals surface area (Å²) in [6, 6.07) is 6.02. The van der Waals surface area contributed by atoms with Crippen molar-refractivity contribution in [3.8, 4) is 5.75 Å². The number of guanidine groups is 1. The van der Waals surface area contributed by atoms with Gasteiger partial charge in [0.05, 0.1) is 7.11 Å². The van der Waals surface area contributed by atoms with E-state index in [9.17, 15) is 0 Å². The largest absolute Gasteiger partial charge is 0.496 e. The molecule has 1 aromatic carbocycles. The fourth-order valence-electron chi connectivity index (χ4n) is 1.69. The summed E-state index contributed by atoms with van der Waals surface area (Å²) in [7, 11) is 1.68. The Morgan fingerprint density at radius 2 is 2.41 bits per heavy atom.